The molecule has 0 aliphatic rings. The van der Waals surface area contributed by atoms with Gasteiger partial charge in [-0.1, -0.05) is 40.2 Å². The van der Waals surface area contributed by atoms with Gasteiger partial charge in [0.15, 0.2) is 0 Å². The summed E-state index contributed by atoms with van der Waals surface area (Å²) in [4.78, 5) is 14.6. The maximum absolute atomic E-state index is 13.0. The minimum absolute atomic E-state index is 0.175. The molecule has 6 nitrogen and oxygen atoms in total. The van der Waals surface area contributed by atoms with E-state index in [1.807, 2.05) is 78.9 Å². The van der Waals surface area contributed by atoms with Gasteiger partial charge in [-0.3, -0.25) is 4.79 Å². The molecule has 1 heterocycles. The normalized spacial score (nSPS) is 11.0. The van der Waals surface area contributed by atoms with Crippen molar-refractivity contribution in [1.29, 1.82) is 0 Å². The van der Waals surface area contributed by atoms with Crippen molar-refractivity contribution in [3.63, 3.8) is 0 Å². The van der Waals surface area contributed by atoms with Crippen LogP contribution in [0.3, 0.4) is 0 Å². The van der Waals surface area contributed by atoms with E-state index in [2.05, 4.69) is 31.4 Å². The lowest BCUT2D eigenvalue weighted by Gasteiger charge is -2.09. The first-order chi connectivity index (χ1) is 15.1. The van der Waals surface area contributed by atoms with E-state index in [9.17, 15) is 4.79 Å². The van der Waals surface area contributed by atoms with Crippen LogP contribution in [0.15, 0.2) is 83.3 Å². The number of rotatable bonds is 4. The second-order valence-electron chi connectivity index (χ2n) is 6.99. The molecule has 0 atom stereocenters. The largest absolute Gasteiger partial charge is 0.497 e. The molecule has 0 bridgehead atoms. The van der Waals surface area contributed by atoms with Crippen molar-refractivity contribution >= 4 is 49.3 Å². The number of nitrogens with zero attached hydrogens (tertiary/aromatic N) is 3. The molecule has 31 heavy (non-hydrogen) atoms. The summed E-state index contributed by atoms with van der Waals surface area (Å²) in [7, 11) is 1.63. The number of halogens is 1. The second kappa shape index (κ2) is 7.85. The van der Waals surface area contributed by atoms with E-state index < -0.39 is 0 Å². The molecule has 0 unspecified atom stereocenters. The van der Waals surface area contributed by atoms with Crippen molar-refractivity contribution in [3.05, 3.63) is 88.9 Å². The molecule has 0 aliphatic carbocycles. The Balaban J connectivity index is 1.44. The molecule has 0 fully saturated rings. The smallest absolute Gasteiger partial charge is 0.256 e. The Labute approximate surface area is 186 Å². The average molecular weight is 473 g/mol. The number of carbonyl (C=O) groups is 1. The Morgan fingerprint density at radius 3 is 2.45 bits per heavy atom. The quantitative estimate of drug-likeness (QED) is 0.369. The number of hydrogen-bond acceptors (Lipinski definition) is 4. The van der Waals surface area contributed by atoms with Crippen molar-refractivity contribution < 1.29 is 9.53 Å². The highest BCUT2D eigenvalue weighted by molar-refractivity contribution is 9.10. The van der Waals surface area contributed by atoms with Crippen LogP contribution in [0.4, 0.5) is 5.69 Å². The molecule has 5 aromatic rings. The SMILES string of the molecule is COc1ccc(-n2nc3ccc(NC(=O)c4cccc5c(Br)cccc45)cc3n2)cc1. The zero-order valence-corrected chi connectivity index (χ0v) is 18.1. The lowest BCUT2D eigenvalue weighted by molar-refractivity contribution is 0.102. The number of methoxy groups -OCH3 is 1. The number of ether oxygens (including phenoxy) is 1. The van der Waals surface area contributed by atoms with Gasteiger partial charge in [-0.25, -0.2) is 0 Å². The van der Waals surface area contributed by atoms with Crippen molar-refractivity contribution in [3.8, 4) is 11.4 Å². The molecule has 7 heteroatoms. The summed E-state index contributed by atoms with van der Waals surface area (Å²) in [6.45, 7) is 0. The van der Waals surface area contributed by atoms with Gasteiger partial charge in [-0.05, 0) is 65.4 Å². The molecule has 1 amide bonds. The Morgan fingerprint density at radius 1 is 0.903 bits per heavy atom. The first-order valence-electron chi connectivity index (χ1n) is 9.62. The standard InChI is InChI=1S/C24H17BrN4O2/c1-31-17-11-9-16(10-12-17)29-27-22-13-8-15(14-23(22)28-29)26-24(30)20-6-2-5-19-18(20)4-3-7-21(19)25/h2-14H,1H3,(H,26,30). The van der Waals surface area contributed by atoms with E-state index in [0.717, 1.165) is 32.2 Å². The monoisotopic (exact) mass is 472 g/mol. The molecule has 5 rings (SSSR count). The summed E-state index contributed by atoms with van der Waals surface area (Å²) >= 11 is 3.55. The molecule has 152 valence electrons. The molecule has 0 spiro atoms. The van der Waals surface area contributed by atoms with Crippen LogP contribution in [0.5, 0.6) is 5.75 Å². The summed E-state index contributed by atoms with van der Waals surface area (Å²) in [5.74, 6) is 0.594. The van der Waals surface area contributed by atoms with E-state index in [4.69, 9.17) is 4.74 Å². The topological polar surface area (TPSA) is 69.0 Å². The summed E-state index contributed by atoms with van der Waals surface area (Å²) < 4.78 is 6.15. The third-order valence-corrected chi connectivity index (χ3v) is 5.75. The van der Waals surface area contributed by atoms with Gasteiger partial charge in [-0.15, -0.1) is 10.2 Å². The predicted octanol–water partition coefficient (Wildman–Crippen LogP) is 5.60. The Morgan fingerprint density at radius 2 is 1.65 bits per heavy atom. The number of aromatic nitrogens is 3. The molecular formula is C24H17BrN4O2. The van der Waals surface area contributed by atoms with Crippen LogP contribution in [0, 0.1) is 0 Å². The number of hydrogen-bond donors (Lipinski definition) is 1. The summed E-state index contributed by atoms with van der Waals surface area (Å²) in [6.07, 6.45) is 0. The number of fused-ring (bicyclic) bond motifs is 2. The van der Waals surface area contributed by atoms with E-state index in [1.54, 1.807) is 11.9 Å². The van der Waals surface area contributed by atoms with Crippen molar-refractivity contribution in [2.24, 2.45) is 0 Å². The van der Waals surface area contributed by atoms with Crippen molar-refractivity contribution in [1.82, 2.24) is 15.0 Å². The Bertz CT molecular complexity index is 1430. The minimum atomic E-state index is -0.175. The van der Waals surface area contributed by atoms with E-state index in [1.165, 1.54) is 0 Å². The third-order valence-electron chi connectivity index (χ3n) is 5.06. The predicted molar refractivity (Wildman–Crippen MR) is 125 cm³/mol. The first-order valence-corrected chi connectivity index (χ1v) is 10.4. The van der Waals surface area contributed by atoms with Crippen LogP contribution in [-0.4, -0.2) is 28.0 Å². The highest BCUT2D eigenvalue weighted by atomic mass is 79.9. The van der Waals surface area contributed by atoms with Crippen LogP contribution in [0.25, 0.3) is 27.5 Å². The van der Waals surface area contributed by atoms with Crippen LogP contribution in [-0.2, 0) is 0 Å². The lowest BCUT2D eigenvalue weighted by atomic mass is 10.0. The van der Waals surface area contributed by atoms with Gasteiger partial charge in [-0.2, -0.15) is 4.80 Å². The van der Waals surface area contributed by atoms with Crippen LogP contribution >= 0.6 is 15.9 Å². The highest BCUT2D eigenvalue weighted by Gasteiger charge is 2.13. The van der Waals surface area contributed by atoms with Crippen LogP contribution < -0.4 is 10.1 Å². The second-order valence-corrected chi connectivity index (χ2v) is 7.84. The zero-order valence-electron chi connectivity index (χ0n) is 16.5. The maximum atomic E-state index is 13.0. The fraction of sp³-hybridized carbons (Fsp3) is 0.0417. The van der Waals surface area contributed by atoms with Crippen molar-refractivity contribution in [2.45, 2.75) is 0 Å². The molecule has 0 saturated carbocycles. The molecular weight excluding hydrogens is 456 g/mol. The summed E-state index contributed by atoms with van der Waals surface area (Å²) in [6, 6.07) is 24.5. The molecule has 1 aromatic heterocycles. The first kappa shape index (κ1) is 19.3. The Kier molecular flexibility index (Phi) is 4.88. The van der Waals surface area contributed by atoms with Gasteiger partial charge in [0.05, 0.1) is 12.8 Å². The molecule has 1 N–H and O–H groups in total. The zero-order chi connectivity index (χ0) is 21.4. The van der Waals surface area contributed by atoms with Crippen molar-refractivity contribution in [2.75, 3.05) is 12.4 Å². The molecule has 0 aliphatic heterocycles. The average Bonchev–Trinajstić information content (AvgIpc) is 3.22. The third kappa shape index (κ3) is 3.64. The molecule has 0 radical (unpaired) electrons. The number of carbonyl (C=O) groups excluding carboxylic acids is 1. The minimum Gasteiger partial charge on any atom is -0.497 e. The number of amides is 1. The highest BCUT2D eigenvalue weighted by Crippen LogP contribution is 2.27. The number of anilines is 1. The van der Waals surface area contributed by atoms with Gasteiger partial charge in [0.2, 0.25) is 0 Å². The lowest BCUT2D eigenvalue weighted by Crippen LogP contribution is -2.12. The molecule has 4 aromatic carbocycles. The van der Waals surface area contributed by atoms with E-state index in [-0.39, 0.29) is 5.91 Å². The van der Waals surface area contributed by atoms with Crippen LogP contribution in [0.1, 0.15) is 10.4 Å². The fourth-order valence-corrected chi connectivity index (χ4v) is 3.99. The molecule has 0 saturated heterocycles. The summed E-state index contributed by atoms with van der Waals surface area (Å²) in [5.41, 5.74) is 3.52. The van der Waals surface area contributed by atoms with Gasteiger partial charge in [0.1, 0.15) is 16.8 Å². The van der Waals surface area contributed by atoms with E-state index in [0.29, 0.717) is 16.8 Å². The van der Waals surface area contributed by atoms with E-state index >= 15 is 0 Å². The summed E-state index contributed by atoms with van der Waals surface area (Å²) in [5, 5.41) is 13.9. The Hall–Kier alpha value is -3.71. The van der Waals surface area contributed by atoms with Gasteiger partial charge < -0.3 is 10.1 Å². The number of nitrogens with one attached hydrogen (secondary N) is 1. The van der Waals surface area contributed by atoms with Gasteiger partial charge >= 0.3 is 0 Å². The number of benzene rings is 4. The van der Waals surface area contributed by atoms with Crippen LogP contribution in [0.2, 0.25) is 0 Å². The maximum Gasteiger partial charge on any atom is 0.256 e. The van der Waals surface area contributed by atoms with Gasteiger partial charge in [0.25, 0.3) is 5.91 Å². The van der Waals surface area contributed by atoms with Gasteiger partial charge in [0, 0.05) is 15.7 Å². The fourth-order valence-electron chi connectivity index (χ4n) is 3.49.